The van der Waals surface area contributed by atoms with Crippen molar-refractivity contribution in [3.05, 3.63) is 59.5 Å². The first-order valence-electron chi connectivity index (χ1n) is 7.15. The van der Waals surface area contributed by atoms with Gasteiger partial charge in [0.2, 0.25) is 0 Å². The Kier molecular flexibility index (Phi) is 3.08. The zero-order chi connectivity index (χ0) is 14.9. The number of hydrogen-bond donors (Lipinski definition) is 1. The second-order valence-corrected chi connectivity index (χ2v) is 5.33. The molecular formula is C16H15N5O. The van der Waals surface area contributed by atoms with Crippen molar-refractivity contribution in [3.8, 4) is 0 Å². The molecule has 0 aliphatic carbocycles. The van der Waals surface area contributed by atoms with Crippen molar-refractivity contribution in [1.82, 2.24) is 25.4 Å². The summed E-state index contributed by atoms with van der Waals surface area (Å²) in [6.45, 7) is 3.41. The Hall–Kier alpha value is -2.73. The van der Waals surface area contributed by atoms with E-state index in [0.717, 1.165) is 27.9 Å². The zero-order valence-corrected chi connectivity index (χ0v) is 12.2. The van der Waals surface area contributed by atoms with Gasteiger partial charge in [0.1, 0.15) is 5.76 Å². The first-order chi connectivity index (χ1) is 10.8. The van der Waals surface area contributed by atoms with Gasteiger partial charge in [-0.3, -0.25) is 0 Å². The third kappa shape index (κ3) is 2.23. The topological polar surface area (TPSA) is 68.2 Å². The van der Waals surface area contributed by atoms with Crippen LogP contribution in [0, 0.1) is 6.92 Å². The van der Waals surface area contributed by atoms with Gasteiger partial charge in [0.05, 0.1) is 18.3 Å². The fourth-order valence-corrected chi connectivity index (χ4v) is 2.62. The summed E-state index contributed by atoms with van der Waals surface area (Å²) >= 11 is 0. The average Bonchev–Trinajstić information content (AvgIpc) is 3.18. The third-order valence-corrected chi connectivity index (χ3v) is 3.70. The van der Waals surface area contributed by atoms with Crippen LogP contribution in [-0.4, -0.2) is 20.0 Å². The van der Waals surface area contributed by atoms with Crippen molar-refractivity contribution in [2.75, 3.05) is 0 Å². The van der Waals surface area contributed by atoms with Crippen LogP contribution in [0.25, 0.3) is 16.6 Å². The maximum atomic E-state index is 5.32. The van der Waals surface area contributed by atoms with E-state index in [-0.39, 0.29) is 0 Å². The molecule has 1 aromatic carbocycles. The number of benzene rings is 1. The van der Waals surface area contributed by atoms with Gasteiger partial charge in [-0.1, -0.05) is 12.1 Å². The Morgan fingerprint density at radius 1 is 1.18 bits per heavy atom. The van der Waals surface area contributed by atoms with Crippen molar-refractivity contribution in [3.63, 3.8) is 0 Å². The number of aromatic nitrogens is 4. The number of pyridine rings is 1. The van der Waals surface area contributed by atoms with Crippen LogP contribution in [0.3, 0.4) is 0 Å². The molecule has 6 heteroatoms. The average molecular weight is 293 g/mol. The van der Waals surface area contributed by atoms with Gasteiger partial charge < -0.3 is 9.73 Å². The van der Waals surface area contributed by atoms with Crippen LogP contribution < -0.4 is 5.32 Å². The number of tetrazole rings is 1. The molecule has 3 heterocycles. The molecule has 22 heavy (non-hydrogen) atoms. The molecule has 0 radical (unpaired) electrons. The van der Waals surface area contributed by atoms with Crippen LogP contribution in [0.4, 0.5) is 0 Å². The Labute approximate surface area is 126 Å². The molecule has 4 aromatic rings. The summed E-state index contributed by atoms with van der Waals surface area (Å²) in [6.07, 6.45) is 1.68. The highest BCUT2D eigenvalue weighted by Gasteiger charge is 2.10. The maximum Gasteiger partial charge on any atom is 0.184 e. The van der Waals surface area contributed by atoms with Crippen molar-refractivity contribution in [2.24, 2.45) is 0 Å². The van der Waals surface area contributed by atoms with Gasteiger partial charge in [0.25, 0.3) is 0 Å². The lowest BCUT2D eigenvalue weighted by Crippen LogP contribution is -2.13. The van der Waals surface area contributed by atoms with Gasteiger partial charge in [0.15, 0.2) is 5.65 Å². The predicted molar refractivity (Wildman–Crippen MR) is 82.3 cm³/mol. The number of nitrogens with one attached hydrogen (secondary N) is 1. The van der Waals surface area contributed by atoms with Crippen molar-refractivity contribution >= 4 is 16.6 Å². The first-order valence-corrected chi connectivity index (χ1v) is 7.15. The summed E-state index contributed by atoms with van der Waals surface area (Å²) in [7, 11) is 0. The van der Waals surface area contributed by atoms with Crippen LogP contribution in [0.5, 0.6) is 0 Å². The standard InChI is InChI=1S/C16H15N5O/c1-11-4-5-12-8-13(9-17-10-14-3-2-6-22-14)16-18-19-20-21(16)15(12)7-11/h2-8,17H,9-10H2,1H3. The largest absolute Gasteiger partial charge is 0.468 e. The normalized spacial score (nSPS) is 11.5. The van der Waals surface area contributed by atoms with Gasteiger partial charge in [-0.15, -0.1) is 5.10 Å². The van der Waals surface area contributed by atoms with Crippen LogP contribution >= 0.6 is 0 Å². The van der Waals surface area contributed by atoms with Gasteiger partial charge in [-0.25, -0.2) is 0 Å². The lowest BCUT2D eigenvalue weighted by Gasteiger charge is -2.08. The maximum absolute atomic E-state index is 5.32. The van der Waals surface area contributed by atoms with E-state index in [1.807, 2.05) is 12.1 Å². The summed E-state index contributed by atoms with van der Waals surface area (Å²) in [4.78, 5) is 0. The van der Waals surface area contributed by atoms with E-state index < -0.39 is 0 Å². The van der Waals surface area contributed by atoms with Crippen LogP contribution in [0.1, 0.15) is 16.9 Å². The third-order valence-electron chi connectivity index (χ3n) is 3.70. The summed E-state index contributed by atoms with van der Waals surface area (Å²) < 4.78 is 7.12. The highest BCUT2D eigenvalue weighted by molar-refractivity contribution is 5.83. The minimum absolute atomic E-state index is 0.673. The highest BCUT2D eigenvalue weighted by atomic mass is 16.3. The quantitative estimate of drug-likeness (QED) is 0.626. The molecule has 3 aromatic heterocycles. The van der Waals surface area contributed by atoms with E-state index in [0.29, 0.717) is 13.1 Å². The van der Waals surface area contributed by atoms with Gasteiger partial charge in [-0.2, -0.15) is 4.52 Å². The fourth-order valence-electron chi connectivity index (χ4n) is 2.62. The highest BCUT2D eigenvalue weighted by Crippen LogP contribution is 2.20. The SMILES string of the molecule is Cc1ccc2cc(CNCc3ccco3)c3nnnn3c2c1. The monoisotopic (exact) mass is 293 g/mol. The number of furan rings is 1. The van der Waals surface area contributed by atoms with E-state index in [4.69, 9.17) is 4.42 Å². The summed E-state index contributed by atoms with van der Waals surface area (Å²) in [5.41, 5.74) is 4.06. The van der Waals surface area contributed by atoms with E-state index in [1.165, 1.54) is 5.56 Å². The van der Waals surface area contributed by atoms with E-state index >= 15 is 0 Å². The number of hydrogen-bond acceptors (Lipinski definition) is 5. The summed E-state index contributed by atoms with van der Waals surface area (Å²) in [5, 5.41) is 16.6. The lowest BCUT2D eigenvalue weighted by molar-refractivity contribution is 0.483. The molecule has 0 spiro atoms. The molecule has 0 saturated heterocycles. The minimum atomic E-state index is 0.673. The van der Waals surface area contributed by atoms with Gasteiger partial charge in [0, 0.05) is 17.5 Å². The zero-order valence-electron chi connectivity index (χ0n) is 12.2. The molecular weight excluding hydrogens is 278 g/mol. The molecule has 0 amide bonds. The second kappa shape index (κ2) is 5.23. The van der Waals surface area contributed by atoms with Crippen LogP contribution in [0.2, 0.25) is 0 Å². The molecule has 0 fully saturated rings. The second-order valence-electron chi connectivity index (χ2n) is 5.33. The predicted octanol–water partition coefficient (Wildman–Crippen LogP) is 2.47. The number of fused-ring (bicyclic) bond motifs is 3. The van der Waals surface area contributed by atoms with E-state index in [9.17, 15) is 0 Å². The molecule has 0 saturated carbocycles. The number of rotatable bonds is 4. The van der Waals surface area contributed by atoms with E-state index in [1.54, 1.807) is 10.8 Å². The molecule has 110 valence electrons. The number of nitrogens with zero attached hydrogens (tertiary/aromatic N) is 4. The molecule has 0 aliphatic heterocycles. The Balaban J connectivity index is 1.70. The van der Waals surface area contributed by atoms with Gasteiger partial charge in [-0.05, 0) is 47.2 Å². The summed E-state index contributed by atoms with van der Waals surface area (Å²) in [5.74, 6) is 0.909. The van der Waals surface area contributed by atoms with Gasteiger partial charge >= 0.3 is 0 Å². The van der Waals surface area contributed by atoms with Crippen molar-refractivity contribution < 1.29 is 4.42 Å². The molecule has 6 nitrogen and oxygen atoms in total. The van der Waals surface area contributed by atoms with Crippen molar-refractivity contribution in [2.45, 2.75) is 20.0 Å². The Morgan fingerprint density at radius 2 is 2.14 bits per heavy atom. The Bertz CT molecular complexity index is 926. The van der Waals surface area contributed by atoms with Crippen LogP contribution in [0.15, 0.2) is 47.1 Å². The Morgan fingerprint density at radius 3 is 3.00 bits per heavy atom. The molecule has 0 unspecified atom stereocenters. The summed E-state index contributed by atoms with van der Waals surface area (Å²) in [6, 6.07) is 12.3. The van der Waals surface area contributed by atoms with Crippen molar-refractivity contribution in [1.29, 1.82) is 0 Å². The molecule has 0 bridgehead atoms. The first kappa shape index (κ1) is 13.0. The van der Waals surface area contributed by atoms with Crippen LogP contribution in [-0.2, 0) is 13.1 Å². The smallest absolute Gasteiger partial charge is 0.184 e. The molecule has 4 rings (SSSR count). The lowest BCUT2D eigenvalue weighted by atomic mass is 10.1. The number of aryl methyl sites for hydroxylation is 1. The fraction of sp³-hybridized carbons (Fsp3) is 0.188. The molecule has 0 atom stereocenters. The minimum Gasteiger partial charge on any atom is -0.468 e. The molecule has 0 aliphatic rings. The van der Waals surface area contributed by atoms with E-state index in [2.05, 4.69) is 52.0 Å². The molecule has 1 N–H and O–H groups in total.